The van der Waals surface area contributed by atoms with E-state index >= 15 is 0 Å². The molecule has 0 spiro atoms. The van der Waals surface area contributed by atoms with Crippen LogP contribution >= 0.6 is 11.3 Å². The molecule has 2 rings (SSSR count). The van der Waals surface area contributed by atoms with Crippen molar-refractivity contribution < 1.29 is 14.6 Å². The second-order valence-corrected chi connectivity index (χ2v) is 6.36. The van der Waals surface area contributed by atoms with Crippen molar-refractivity contribution in [2.45, 2.75) is 52.2 Å². The minimum Gasteiger partial charge on any atom is -0.477 e. The average molecular weight is 268 g/mol. The zero-order chi connectivity index (χ0) is 13.1. The van der Waals surface area contributed by atoms with Crippen molar-refractivity contribution in [3.8, 4) is 0 Å². The molecule has 2 atom stereocenters. The third-order valence-electron chi connectivity index (χ3n) is 3.72. The van der Waals surface area contributed by atoms with Gasteiger partial charge in [0.15, 0.2) is 0 Å². The fourth-order valence-corrected chi connectivity index (χ4v) is 3.36. The largest absolute Gasteiger partial charge is 0.477 e. The third kappa shape index (κ3) is 3.12. The van der Waals surface area contributed by atoms with Crippen LogP contribution in [0.1, 0.15) is 52.7 Å². The number of hydrogen-bond donors (Lipinski definition) is 1. The van der Waals surface area contributed by atoms with Crippen LogP contribution in [0.5, 0.6) is 0 Å². The number of carbonyl (C=O) groups is 1. The molecule has 1 fully saturated rings. The Hall–Kier alpha value is -0.870. The van der Waals surface area contributed by atoms with Gasteiger partial charge in [-0.05, 0) is 37.3 Å². The summed E-state index contributed by atoms with van der Waals surface area (Å²) in [6.07, 6.45) is 5.27. The number of carboxylic acids is 1. The first-order valence-electron chi connectivity index (χ1n) is 6.52. The minimum absolute atomic E-state index is 0.339. The van der Waals surface area contributed by atoms with E-state index in [0.717, 1.165) is 16.9 Å². The van der Waals surface area contributed by atoms with Gasteiger partial charge in [-0.15, -0.1) is 11.3 Å². The second-order valence-electron chi connectivity index (χ2n) is 5.11. The first-order valence-corrected chi connectivity index (χ1v) is 7.33. The van der Waals surface area contributed by atoms with E-state index in [1.165, 1.54) is 30.6 Å². The van der Waals surface area contributed by atoms with Crippen LogP contribution in [0.4, 0.5) is 0 Å². The Morgan fingerprint density at radius 1 is 1.50 bits per heavy atom. The maximum Gasteiger partial charge on any atom is 0.345 e. The molecule has 0 aliphatic heterocycles. The monoisotopic (exact) mass is 268 g/mol. The van der Waals surface area contributed by atoms with Gasteiger partial charge in [0.1, 0.15) is 4.88 Å². The highest BCUT2D eigenvalue weighted by Crippen LogP contribution is 2.28. The molecule has 0 aromatic carbocycles. The van der Waals surface area contributed by atoms with E-state index < -0.39 is 5.97 Å². The van der Waals surface area contributed by atoms with E-state index in [1.54, 1.807) is 6.07 Å². The van der Waals surface area contributed by atoms with Crippen LogP contribution in [0.15, 0.2) is 6.07 Å². The Bertz CT molecular complexity index is 425. The minimum atomic E-state index is -0.847. The lowest BCUT2D eigenvalue weighted by molar-refractivity contribution is -0.0155. The average Bonchev–Trinajstić information content (AvgIpc) is 2.70. The van der Waals surface area contributed by atoms with Crippen LogP contribution in [0.3, 0.4) is 0 Å². The van der Waals surface area contributed by atoms with Gasteiger partial charge in [0, 0.05) is 4.88 Å². The molecule has 1 aliphatic carbocycles. The number of ether oxygens (including phenoxy) is 1. The molecule has 4 heteroatoms. The molecule has 100 valence electrons. The highest BCUT2D eigenvalue weighted by molar-refractivity contribution is 7.14. The molecule has 0 bridgehead atoms. The Kier molecular flexibility index (Phi) is 4.40. The maximum absolute atomic E-state index is 10.9. The summed E-state index contributed by atoms with van der Waals surface area (Å²) < 4.78 is 5.97. The van der Waals surface area contributed by atoms with Crippen molar-refractivity contribution in [2.75, 3.05) is 0 Å². The molecule has 18 heavy (non-hydrogen) atoms. The van der Waals surface area contributed by atoms with Gasteiger partial charge in [0.05, 0.1) is 12.7 Å². The van der Waals surface area contributed by atoms with Gasteiger partial charge < -0.3 is 9.84 Å². The molecule has 1 aromatic heterocycles. The Balaban J connectivity index is 1.95. The molecule has 3 nitrogen and oxygen atoms in total. The van der Waals surface area contributed by atoms with Gasteiger partial charge in [-0.1, -0.05) is 19.8 Å². The molecular formula is C14H20O3S. The Morgan fingerprint density at radius 3 is 2.83 bits per heavy atom. The highest BCUT2D eigenvalue weighted by atomic mass is 32.1. The highest BCUT2D eigenvalue weighted by Gasteiger charge is 2.22. The SMILES string of the molecule is Cc1sc(C(=O)O)cc1COC1CCCCC1C. The fraction of sp³-hybridized carbons (Fsp3) is 0.643. The van der Waals surface area contributed by atoms with Crippen molar-refractivity contribution in [1.29, 1.82) is 0 Å². The van der Waals surface area contributed by atoms with Gasteiger partial charge in [-0.2, -0.15) is 0 Å². The standard InChI is InChI=1S/C14H20O3S/c1-9-5-3-4-6-12(9)17-8-11-7-13(14(15)16)18-10(11)2/h7,9,12H,3-6,8H2,1-2H3,(H,15,16). The van der Waals surface area contributed by atoms with Crippen molar-refractivity contribution in [3.05, 3.63) is 21.4 Å². The summed E-state index contributed by atoms with van der Waals surface area (Å²) in [5.41, 5.74) is 1.02. The van der Waals surface area contributed by atoms with Crippen LogP contribution in [0, 0.1) is 12.8 Å². The van der Waals surface area contributed by atoms with Gasteiger partial charge in [0.25, 0.3) is 0 Å². The van der Waals surface area contributed by atoms with E-state index in [4.69, 9.17) is 9.84 Å². The summed E-state index contributed by atoms with van der Waals surface area (Å²) in [5, 5.41) is 8.95. The fourth-order valence-electron chi connectivity index (χ4n) is 2.50. The summed E-state index contributed by atoms with van der Waals surface area (Å²) >= 11 is 1.33. The summed E-state index contributed by atoms with van der Waals surface area (Å²) in [4.78, 5) is 12.4. The van der Waals surface area contributed by atoms with E-state index in [2.05, 4.69) is 6.92 Å². The first-order chi connectivity index (χ1) is 8.58. The number of hydrogen-bond acceptors (Lipinski definition) is 3. The van der Waals surface area contributed by atoms with E-state index in [9.17, 15) is 4.79 Å². The lowest BCUT2D eigenvalue weighted by Crippen LogP contribution is -2.25. The molecule has 1 aromatic rings. The number of aryl methyl sites for hydroxylation is 1. The van der Waals surface area contributed by atoms with Crippen LogP contribution in [0.25, 0.3) is 0 Å². The molecular weight excluding hydrogens is 248 g/mol. The smallest absolute Gasteiger partial charge is 0.345 e. The van der Waals surface area contributed by atoms with Gasteiger partial charge in [0.2, 0.25) is 0 Å². The van der Waals surface area contributed by atoms with Crippen LogP contribution in [-0.2, 0) is 11.3 Å². The predicted molar refractivity (Wildman–Crippen MR) is 72.2 cm³/mol. The van der Waals surface area contributed by atoms with Crippen molar-refractivity contribution in [2.24, 2.45) is 5.92 Å². The molecule has 2 unspecified atom stereocenters. The van der Waals surface area contributed by atoms with Crippen molar-refractivity contribution >= 4 is 17.3 Å². The molecule has 1 N–H and O–H groups in total. The van der Waals surface area contributed by atoms with Crippen molar-refractivity contribution in [1.82, 2.24) is 0 Å². The maximum atomic E-state index is 10.9. The van der Waals surface area contributed by atoms with Gasteiger partial charge in [-0.25, -0.2) is 4.79 Å². The van der Waals surface area contributed by atoms with E-state index in [0.29, 0.717) is 23.5 Å². The summed E-state index contributed by atoms with van der Waals surface area (Å²) in [7, 11) is 0. The molecule has 1 saturated carbocycles. The summed E-state index contributed by atoms with van der Waals surface area (Å²) in [6, 6.07) is 1.75. The van der Waals surface area contributed by atoms with Crippen molar-refractivity contribution in [3.63, 3.8) is 0 Å². The molecule has 1 heterocycles. The molecule has 0 saturated heterocycles. The summed E-state index contributed by atoms with van der Waals surface area (Å²) in [5.74, 6) is -0.225. The quantitative estimate of drug-likeness (QED) is 0.902. The van der Waals surface area contributed by atoms with E-state index in [-0.39, 0.29) is 0 Å². The number of thiophene rings is 1. The van der Waals surface area contributed by atoms with Crippen LogP contribution < -0.4 is 0 Å². The molecule has 0 amide bonds. The van der Waals surface area contributed by atoms with Gasteiger partial charge in [-0.3, -0.25) is 0 Å². The zero-order valence-corrected chi connectivity index (χ0v) is 11.8. The van der Waals surface area contributed by atoms with Crippen LogP contribution in [0.2, 0.25) is 0 Å². The number of aromatic carboxylic acids is 1. The Labute approximate surface area is 112 Å². The predicted octanol–water partition coefficient (Wildman–Crippen LogP) is 3.85. The zero-order valence-electron chi connectivity index (χ0n) is 10.9. The lowest BCUT2D eigenvalue weighted by Gasteiger charge is -2.28. The number of carboxylic acid groups (broad SMARTS) is 1. The number of rotatable bonds is 4. The Morgan fingerprint density at radius 2 is 2.22 bits per heavy atom. The topological polar surface area (TPSA) is 46.5 Å². The van der Waals surface area contributed by atoms with E-state index in [1.807, 2.05) is 6.92 Å². The van der Waals surface area contributed by atoms with Crippen LogP contribution in [-0.4, -0.2) is 17.2 Å². The lowest BCUT2D eigenvalue weighted by atomic mass is 9.88. The first kappa shape index (κ1) is 13.6. The summed E-state index contributed by atoms with van der Waals surface area (Å²) in [6.45, 7) is 4.75. The van der Waals surface area contributed by atoms with Gasteiger partial charge >= 0.3 is 5.97 Å². The third-order valence-corrected chi connectivity index (χ3v) is 4.80. The second kappa shape index (κ2) is 5.85. The molecule has 0 radical (unpaired) electrons. The normalized spacial score (nSPS) is 24.1. The molecule has 1 aliphatic rings.